The Kier molecular flexibility index (Phi) is 10.5. The Morgan fingerprint density at radius 3 is 2.65 bits per heavy atom. The zero-order chi connectivity index (χ0) is 19.4. The lowest BCUT2D eigenvalue weighted by Crippen LogP contribution is -2.30. The molecular weight excluding hydrogens is 384 g/mol. The van der Waals surface area contributed by atoms with E-state index in [0.717, 1.165) is 0 Å². The van der Waals surface area contributed by atoms with E-state index in [0.29, 0.717) is 26.2 Å². The van der Waals surface area contributed by atoms with Gasteiger partial charge >= 0.3 is 0 Å². The van der Waals surface area contributed by atoms with E-state index in [1.807, 2.05) is 6.92 Å². The van der Waals surface area contributed by atoms with E-state index in [9.17, 15) is 13.2 Å². The molecule has 1 rings (SSSR count). The van der Waals surface area contributed by atoms with Gasteiger partial charge in [-0.1, -0.05) is 11.6 Å². The Hall–Kier alpha value is -1.39. The SMILES string of the molecule is CCOCCCNC(=O)COc1ccc(S(=O)(=O)NCCOC)cc1Cl. The summed E-state index contributed by atoms with van der Waals surface area (Å²) < 4.78 is 41.9. The summed E-state index contributed by atoms with van der Waals surface area (Å²) >= 11 is 6.05. The van der Waals surface area contributed by atoms with Gasteiger partial charge in [-0.25, -0.2) is 13.1 Å². The van der Waals surface area contributed by atoms with Gasteiger partial charge in [0.2, 0.25) is 10.0 Å². The number of hydrogen-bond acceptors (Lipinski definition) is 6. The first kappa shape index (κ1) is 22.7. The maximum absolute atomic E-state index is 12.1. The molecule has 0 radical (unpaired) electrons. The topological polar surface area (TPSA) is 103 Å². The highest BCUT2D eigenvalue weighted by atomic mass is 35.5. The van der Waals surface area contributed by atoms with Gasteiger partial charge in [-0.3, -0.25) is 4.79 Å². The van der Waals surface area contributed by atoms with Crippen molar-refractivity contribution in [3.05, 3.63) is 23.2 Å². The molecule has 2 N–H and O–H groups in total. The molecule has 0 aliphatic carbocycles. The van der Waals surface area contributed by atoms with Crippen LogP contribution >= 0.6 is 11.6 Å². The first-order valence-electron chi connectivity index (χ1n) is 8.16. The fraction of sp³-hybridized carbons (Fsp3) is 0.562. The van der Waals surface area contributed by atoms with Crippen molar-refractivity contribution >= 4 is 27.5 Å². The lowest BCUT2D eigenvalue weighted by molar-refractivity contribution is -0.123. The second-order valence-electron chi connectivity index (χ2n) is 5.17. The molecule has 8 nitrogen and oxygen atoms in total. The molecule has 0 unspecified atom stereocenters. The normalized spacial score (nSPS) is 11.3. The van der Waals surface area contributed by atoms with E-state index in [-0.39, 0.29) is 41.3 Å². The number of methoxy groups -OCH3 is 1. The molecule has 26 heavy (non-hydrogen) atoms. The molecule has 0 aliphatic heterocycles. The number of carbonyl (C=O) groups is 1. The molecule has 0 spiro atoms. The molecule has 0 aromatic heterocycles. The third-order valence-electron chi connectivity index (χ3n) is 3.16. The number of benzene rings is 1. The van der Waals surface area contributed by atoms with Crippen LogP contribution in [0.3, 0.4) is 0 Å². The quantitative estimate of drug-likeness (QED) is 0.475. The summed E-state index contributed by atoms with van der Waals surface area (Å²) in [7, 11) is -2.21. The van der Waals surface area contributed by atoms with Crippen molar-refractivity contribution in [3.63, 3.8) is 0 Å². The van der Waals surface area contributed by atoms with Crippen molar-refractivity contribution in [2.45, 2.75) is 18.2 Å². The van der Waals surface area contributed by atoms with Crippen molar-refractivity contribution in [2.75, 3.05) is 46.6 Å². The molecule has 1 aromatic rings. The molecule has 0 aliphatic rings. The predicted octanol–water partition coefficient (Wildman–Crippen LogP) is 1.19. The van der Waals surface area contributed by atoms with Crippen LogP contribution in [-0.2, 0) is 24.3 Å². The highest BCUT2D eigenvalue weighted by Crippen LogP contribution is 2.27. The van der Waals surface area contributed by atoms with E-state index >= 15 is 0 Å². The van der Waals surface area contributed by atoms with Gasteiger partial charge in [-0.05, 0) is 31.5 Å². The number of nitrogens with one attached hydrogen (secondary N) is 2. The average molecular weight is 409 g/mol. The average Bonchev–Trinajstić information content (AvgIpc) is 2.60. The second-order valence-corrected chi connectivity index (χ2v) is 7.35. The molecule has 1 amide bonds. The minimum Gasteiger partial charge on any atom is -0.482 e. The van der Waals surface area contributed by atoms with Gasteiger partial charge < -0.3 is 19.5 Å². The molecule has 0 saturated carbocycles. The Morgan fingerprint density at radius 2 is 2.00 bits per heavy atom. The summed E-state index contributed by atoms with van der Waals surface area (Å²) in [6, 6.07) is 4.04. The van der Waals surface area contributed by atoms with Gasteiger partial charge in [0.05, 0.1) is 16.5 Å². The Morgan fingerprint density at radius 1 is 1.23 bits per heavy atom. The molecule has 0 fully saturated rings. The van der Waals surface area contributed by atoms with Crippen LogP contribution in [0.25, 0.3) is 0 Å². The number of halogens is 1. The maximum Gasteiger partial charge on any atom is 0.257 e. The Bertz CT molecular complexity index is 669. The van der Waals surface area contributed by atoms with Crippen LogP contribution in [0.4, 0.5) is 0 Å². The summed E-state index contributed by atoms with van der Waals surface area (Å²) in [6.07, 6.45) is 0.711. The fourth-order valence-electron chi connectivity index (χ4n) is 1.87. The van der Waals surface area contributed by atoms with Crippen LogP contribution in [0, 0.1) is 0 Å². The number of rotatable bonds is 13. The van der Waals surface area contributed by atoms with E-state index in [2.05, 4.69) is 10.0 Å². The Balaban J connectivity index is 2.50. The molecular formula is C16H25ClN2O6S. The zero-order valence-electron chi connectivity index (χ0n) is 14.9. The van der Waals surface area contributed by atoms with E-state index < -0.39 is 10.0 Å². The van der Waals surface area contributed by atoms with Crippen LogP contribution in [0.15, 0.2) is 23.1 Å². The molecule has 148 valence electrons. The summed E-state index contributed by atoms with van der Waals surface area (Å²) in [5.41, 5.74) is 0. The van der Waals surface area contributed by atoms with Crippen LogP contribution < -0.4 is 14.8 Å². The van der Waals surface area contributed by atoms with Gasteiger partial charge in [-0.2, -0.15) is 0 Å². The van der Waals surface area contributed by atoms with Gasteiger partial charge in [0.1, 0.15) is 5.75 Å². The standard InChI is InChI=1S/C16H25ClN2O6S/c1-3-24-9-4-7-18-16(20)12-25-15-6-5-13(11-14(15)17)26(21,22)19-8-10-23-2/h5-6,11,19H,3-4,7-10,12H2,1-2H3,(H,18,20). The smallest absolute Gasteiger partial charge is 0.257 e. The van der Waals surface area contributed by atoms with Crippen molar-refractivity contribution in [1.29, 1.82) is 0 Å². The number of carbonyl (C=O) groups excluding carboxylic acids is 1. The molecule has 0 saturated heterocycles. The first-order chi connectivity index (χ1) is 12.4. The molecule has 10 heteroatoms. The summed E-state index contributed by atoms with van der Waals surface area (Å²) in [4.78, 5) is 11.7. The molecule has 1 aromatic carbocycles. The number of sulfonamides is 1. The van der Waals surface area contributed by atoms with Gasteiger partial charge in [0.25, 0.3) is 5.91 Å². The number of hydrogen-bond donors (Lipinski definition) is 2. The van der Waals surface area contributed by atoms with Gasteiger partial charge in [-0.15, -0.1) is 0 Å². The second kappa shape index (κ2) is 12.1. The Labute approximate surface area is 159 Å². The van der Waals surface area contributed by atoms with E-state index in [1.54, 1.807) is 0 Å². The highest BCUT2D eigenvalue weighted by Gasteiger charge is 2.16. The fourth-order valence-corrected chi connectivity index (χ4v) is 3.21. The van der Waals surface area contributed by atoms with Crippen LogP contribution in [0.1, 0.15) is 13.3 Å². The number of ether oxygens (including phenoxy) is 3. The first-order valence-corrected chi connectivity index (χ1v) is 10.0. The highest BCUT2D eigenvalue weighted by molar-refractivity contribution is 7.89. The molecule has 0 bridgehead atoms. The van der Waals surface area contributed by atoms with Gasteiger partial charge in [0.15, 0.2) is 6.61 Å². The third-order valence-corrected chi connectivity index (χ3v) is 4.92. The van der Waals surface area contributed by atoms with E-state index in [4.69, 9.17) is 25.8 Å². The summed E-state index contributed by atoms with van der Waals surface area (Å²) in [5, 5.41) is 2.79. The predicted molar refractivity (Wildman–Crippen MR) is 98.1 cm³/mol. The zero-order valence-corrected chi connectivity index (χ0v) is 16.5. The van der Waals surface area contributed by atoms with E-state index in [1.165, 1.54) is 25.3 Å². The number of amides is 1. The minimum atomic E-state index is -3.68. The monoisotopic (exact) mass is 408 g/mol. The van der Waals surface area contributed by atoms with Crippen molar-refractivity contribution in [3.8, 4) is 5.75 Å². The third kappa shape index (κ3) is 8.33. The minimum absolute atomic E-state index is 0.00586. The lowest BCUT2D eigenvalue weighted by Gasteiger charge is -2.11. The van der Waals surface area contributed by atoms with Crippen molar-refractivity contribution in [1.82, 2.24) is 10.0 Å². The molecule has 0 atom stereocenters. The largest absolute Gasteiger partial charge is 0.482 e. The summed E-state index contributed by atoms with van der Waals surface area (Å²) in [6.45, 7) is 3.81. The van der Waals surface area contributed by atoms with Crippen LogP contribution in [0.5, 0.6) is 5.75 Å². The van der Waals surface area contributed by atoms with Crippen molar-refractivity contribution < 1.29 is 27.4 Å². The summed E-state index contributed by atoms with van der Waals surface area (Å²) in [5.74, 6) is -0.0672. The van der Waals surface area contributed by atoms with Gasteiger partial charge in [0, 0.05) is 33.4 Å². The lowest BCUT2D eigenvalue weighted by atomic mass is 10.3. The van der Waals surface area contributed by atoms with Crippen LogP contribution in [0.2, 0.25) is 5.02 Å². The van der Waals surface area contributed by atoms with Crippen LogP contribution in [-0.4, -0.2) is 61.0 Å². The maximum atomic E-state index is 12.1. The molecule has 0 heterocycles. The van der Waals surface area contributed by atoms with Crippen molar-refractivity contribution in [2.24, 2.45) is 0 Å².